The van der Waals surface area contributed by atoms with Gasteiger partial charge in [-0.25, -0.2) is 0 Å². The number of carbonyl (C=O) groups is 1. The fourth-order valence-electron chi connectivity index (χ4n) is 3.59. The van der Waals surface area contributed by atoms with Crippen LogP contribution in [-0.2, 0) is 9.53 Å². The van der Waals surface area contributed by atoms with Gasteiger partial charge in [0.2, 0.25) is 5.91 Å². The maximum Gasteiger partial charge on any atom is 0.328 e. The van der Waals surface area contributed by atoms with Crippen LogP contribution in [0.3, 0.4) is 0 Å². The number of amides is 1. The first kappa shape index (κ1) is 13.5. The van der Waals surface area contributed by atoms with E-state index in [1.807, 2.05) is 13.8 Å². The van der Waals surface area contributed by atoms with E-state index < -0.39 is 11.0 Å². The first-order chi connectivity index (χ1) is 9.37. The Bertz CT molecular complexity index is 541. The molecule has 0 bridgehead atoms. The van der Waals surface area contributed by atoms with Crippen molar-refractivity contribution in [3.8, 4) is 0 Å². The molecule has 3 N–H and O–H groups in total. The van der Waals surface area contributed by atoms with E-state index in [4.69, 9.17) is 15.0 Å². The van der Waals surface area contributed by atoms with Gasteiger partial charge in [0.05, 0.1) is 6.10 Å². The molecule has 2 heterocycles. The number of rotatable bonds is 2. The van der Waals surface area contributed by atoms with E-state index in [9.17, 15) is 4.79 Å². The largest absolute Gasteiger partial charge is 0.377 e. The Balaban J connectivity index is 1.82. The van der Waals surface area contributed by atoms with Crippen molar-refractivity contribution in [1.82, 2.24) is 10.1 Å². The van der Waals surface area contributed by atoms with Gasteiger partial charge in [-0.1, -0.05) is 19.0 Å². The van der Waals surface area contributed by atoms with Crippen LogP contribution in [0.25, 0.3) is 0 Å². The van der Waals surface area contributed by atoms with Gasteiger partial charge in [0.1, 0.15) is 5.54 Å². The molecule has 20 heavy (non-hydrogen) atoms. The van der Waals surface area contributed by atoms with Crippen molar-refractivity contribution in [2.45, 2.75) is 45.3 Å². The molecular weight excluding hydrogens is 260 g/mol. The third kappa shape index (κ3) is 1.63. The molecule has 3 atom stereocenters. The minimum Gasteiger partial charge on any atom is -0.377 e. The number of hydrogen-bond donors (Lipinski definition) is 2. The predicted molar refractivity (Wildman–Crippen MR) is 70.8 cm³/mol. The normalized spacial score (nSPS) is 35.0. The molecule has 1 aliphatic carbocycles. The van der Waals surface area contributed by atoms with E-state index in [0.717, 1.165) is 19.4 Å². The SMILES string of the molecule is Cc1noc(NC(=O)C2(N)C3CCCOC3C2(C)C)n1. The fraction of sp³-hybridized carbons (Fsp3) is 0.769. The van der Waals surface area contributed by atoms with Crippen LogP contribution in [-0.4, -0.2) is 34.3 Å². The van der Waals surface area contributed by atoms with Gasteiger partial charge in [0.25, 0.3) is 0 Å². The minimum atomic E-state index is -0.972. The summed E-state index contributed by atoms with van der Waals surface area (Å²) in [6, 6.07) is 0.0910. The number of nitrogens with one attached hydrogen (secondary N) is 1. The molecule has 0 spiro atoms. The lowest BCUT2D eigenvalue weighted by atomic mass is 9.46. The zero-order chi connectivity index (χ0) is 14.5. The van der Waals surface area contributed by atoms with E-state index in [1.54, 1.807) is 6.92 Å². The molecule has 1 aliphatic heterocycles. The van der Waals surface area contributed by atoms with Crippen molar-refractivity contribution in [2.24, 2.45) is 17.1 Å². The van der Waals surface area contributed by atoms with Crippen LogP contribution >= 0.6 is 0 Å². The number of ether oxygens (including phenoxy) is 1. The molecular formula is C13H20N4O3. The highest BCUT2D eigenvalue weighted by Gasteiger charge is 2.70. The van der Waals surface area contributed by atoms with Crippen molar-refractivity contribution in [3.05, 3.63) is 5.82 Å². The maximum absolute atomic E-state index is 12.6. The second-order valence-corrected chi connectivity index (χ2v) is 6.23. The number of fused-ring (bicyclic) bond motifs is 1. The highest BCUT2D eigenvalue weighted by molar-refractivity contribution is 5.98. The smallest absolute Gasteiger partial charge is 0.328 e. The third-order valence-electron chi connectivity index (χ3n) is 4.81. The summed E-state index contributed by atoms with van der Waals surface area (Å²) in [5.74, 6) is 0.228. The zero-order valence-corrected chi connectivity index (χ0v) is 12.0. The fourth-order valence-corrected chi connectivity index (χ4v) is 3.59. The third-order valence-corrected chi connectivity index (χ3v) is 4.81. The lowest BCUT2D eigenvalue weighted by Crippen LogP contribution is -2.81. The van der Waals surface area contributed by atoms with E-state index in [-0.39, 0.29) is 23.9 Å². The van der Waals surface area contributed by atoms with Crippen LogP contribution in [0.1, 0.15) is 32.5 Å². The molecule has 1 saturated carbocycles. The van der Waals surface area contributed by atoms with E-state index in [0.29, 0.717) is 5.82 Å². The average Bonchev–Trinajstić information content (AvgIpc) is 2.83. The Morgan fingerprint density at radius 3 is 2.90 bits per heavy atom. The molecule has 7 nitrogen and oxygen atoms in total. The topological polar surface area (TPSA) is 103 Å². The molecule has 110 valence electrons. The number of anilines is 1. The average molecular weight is 280 g/mol. The van der Waals surface area contributed by atoms with E-state index in [2.05, 4.69) is 15.5 Å². The summed E-state index contributed by atoms with van der Waals surface area (Å²) in [4.78, 5) is 16.6. The second kappa shape index (κ2) is 4.26. The molecule has 0 aromatic carbocycles. The standard InChI is InChI=1S/C13H20N4O3/c1-7-15-11(20-17-7)16-10(18)13(14)8-5-4-6-19-9(8)12(13,2)3/h8-9H,4-6,14H2,1-3H3,(H,15,16,17,18). The van der Waals surface area contributed by atoms with Crippen molar-refractivity contribution >= 4 is 11.9 Å². The molecule has 2 aliphatic rings. The molecule has 1 aromatic rings. The highest BCUT2D eigenvalue weighted by atomic mass is 16.5. The van der Waals surface area contributed by atoms with Crippen molar-refractivity contribution < 1.29 is 14.1 Å². The number of aromatic nitrogens is 2. The summed E-state index contributed by atoms with van der Waals surface area (Å²) in [6.07, 6.45) is 1.88. The van der Waals surface area contributed by atoms with Gasteiger partial charge in [0.15, 0.2) is 5.82 Å². The summed E-state index contributed by atoms with van der Waals surface area (Å²) < 4.78 is 10.7. The first-order valence-corrected chi connectivity index (χ1v) is 6.89. The number of nitrogens with two attached hydrogens (primary N) is 1. The molecule has 1 aromatic heterocycles. The van der Waals surface area contributed by atoms with E-state index >= 15 is 0 Å². The van der Waals surface area contributed by atoms with Gasteiger partial charge in [-0.05, 0) is 19.8 Å². The molecule has 2 fully saturated rings. The van der Waals surface area contributed by atoms with Gasteiger partial charge in [0, 0.05) is 17.9 Å². The van der Waals surface area contributed by atoms with Crippen LogP contribution in [0.2, 0.25) is 0 Å². The van der Waals surface area contributed by atoms with Gasteiger partial charge >= 0.3 is 6.01 Å². The molecule has 1 saturated heterocycles. The van der Waals surface area contributed by atoms with Crippen LogP contribution in [0.5, 0.6) is 0 Å². The van der Waals surface area contributed by atoms with Gasteiger partial charge in [-0.15, -0.1) is 0 Å². The van der Waals surface area contributed by atoms with Crippen LogP contribution in [0, 0.1) is 18.3 Å². The van der Waals surface area contributed by atoms with Gasteiger partial charge in [-0.2, -0.15) is 4.98 Å². The van der Waals surface area contributed by atoms with Crippen LogP contribution in [0.4, 0.5) is 6.01 Å². The van der Waals surface area contributed by atoms with Crippen molar-refractivity contribution in [3.63, 3.8) is 0 Å². The summed E-state index contributed by atoms with van der Waals surface area (Å²) >= 11 is 0. The number of carbonyl (C=O) groups excluding carboxylic acids is 1. The maximum atomic E-state index is 12.6. The molecule has 1 amide bonds. The highest BCUT2D eigenvalue weighted by Crippen LogP contribution is 2.57. The number of nitrogens with zero attached hydrogens (tertiary/aromatic N) is 2. The van der Waals surface area contributed by atoms with Crippen LogP contribution in [0.15, 0.2) is 4.52 Å². The van der Waals surface area contributed by atoms with E-state index in [1.165, 1.54) is 0 Å². The number of aryl methyl sites for hydroxylation is 1. The van der Waals surface area contributed by atoms with Crippen molar-refractivity contribution in [1.29, 1.82) is 0 Å². The molecule has 3 rings (SSSR count). The summed E-state index contributed by atoms with van der Waals surface area (Å²) in [6.45, 7) is 6.37. The van der Waals surface area contributed by atoms with Gasteiger partial charge in [-0.3, -0.25) is 10.1 Å². The Morgan fingerprint density at radius 2 is 2.25 bits per heavy atom. The Kier molecular flexibility index (Phi) is 2.88. The Morgan fingerprint density at radius 1 is 1.50 bits per heavy atom. The first-order valence-electron chi connectivity index (χ1n) is 6.89. The monoisotopic (exact) mass is 280 g/mol. The minimum absolute atomic E-state index is 0.0373. The summed E-state index contributed by atoms with van der Waals surface area (Å²) in [5, 5.41) is 6.28. The summed E-state index contributed by atoms with van der Waals surface area (Å²) in [7, 11) is 0. The second-order valence-electron chi connectivity index (χ2n) is 6.23. The quantitative estimate of drug-likeness (QED) is 0.832. The van der Waals surface area contributed by atoms with Crippen molar-refractivity contribution in [2.75, 3.05) is 11.9 Å². The Hall–Kier alpha value is -1.47. The summed E-state index contributed by atoms with van der Waals surface area (Å²) in [5.41, 5.74) is 5.06. The Labute approximate surface area is 117 Å². The predicted octanol–water partition coefficient (Wildman–Crippen LogP) is 0.849. The lowest BCUT2D eigenvalue weighted by Gasteiger charge is -2.64. The van der Waals surface area contributed by atoms with Gasteiger partial charge < -0.3 is 15.0 Å². The zero-order valence-electron chi connectivity index (χ0n) is 12.0. The molecule has 7 heteroatoms. The molecule has 3 unspecified atom stereocenters. The number of hydrogen-bond acceptors (Lipinski definition) is 6. The molecule has 0 radical (unpaired) electrons. The van der Waals surface area contributed by atoms with Crippen LogP contribution < -0.4 is 11.1 Å². The lowest BCUT2D eigenvalue weighted by molar-refractivity contribution is -0.222.